The first-order valence-corrected chi connectivity index (χ1v) is 7.91. The summed E-state index contributed by atoms with van der Waals surface area (Å²) >= 11 is 0. The average Bonchev–Trinajstić information content (AvgIpc) is 3.36. The Kier molecular flexibility index (Phi) is 3.06. The fourth-order valence-electron chi connectivity index (χ4n) is 3.93. The Hall–Kier alpha value is -2.85. The minimum Gasteiger partial charge on any atom is -0.197 e. The maximum Gasteiger partial charge on any atom is 0.0972 e. The summed E-state index contributed by atoms with van der Waals surface area (Å²) in [6.07, 6.45) is 0.828. The Morgan fingerprint density at radius 3 is 1.39 bits per heavy atom. The predicted molar refractivity (Wildman–Crippen MR) is 92.0 cm³/mol. The van der Waals surface area contributed by atoms with E-state index >= 15 is 0 Å². The molecule has 1 aliphatic rings. The summed E-state index contributed by atoms with van der Waals surface area (Å²) in [7, 11) is 0. The number of benzene rings is 3. The van der Waals surface area contributed by atoms with Gasteiger partial charge < -0.3 is 0 Å². The fraction of sp³-hybridized carbons (Fsp3) is 0.136. The van der Waals surface area contributed by atoms with Gasteiger partial charge in [-0.25, -0.2) is 0 Å². The first-order chi connectivity index (χ1) is 11.3. The molecule has 1 atom stereocenters. The van der Waals surface area contributed by atoms with Gasteiger partial charge >= 0.3 is 0 Å². The van der Waals surface area contributed by atoms with Crippen LogP contribution in [-0.4, -0.2) is 0 Å². The third kappa shape index (κ3) is 1.85. The van der Waals surface area contributed by atoms with E-state index < -0.39 is 5.41 Å². The van der Waals surface area contributed by atoms with Crippen LogP contribution in [0.5, 0.6) is 0 Å². The molecule has 0 spiro atoms. The molecule has 0 N–H and O–H groups in total. The summed E-state index contributed by atoms with van der Waals surface area (Å²) in [5, 5.41) is 10.1. The Balaban J connectivity index is 1.96. The van der Waals surface area contributed by atoms with Crippen molar-refractivity contribution in [2.24, 2.45) is 0 Å². The van der Waals surface area contributed by atoms with E-state index in [2.05, 4.69) is 66.7 Å². The Morgan fingerprint density at radius 1 is 0.609 bits per heavy atom. The molecule has 3 aromatic rings. The third-order valence-electron chi connectivity index (χ3n) is 5.12. The molecule has 0 heterocycles. The molecule has 23 heavy (non-hydrogen) atoms. The lowest BCUT2D eigenvalue weighted by atomic mass is 9.78. The molecular weight excluding hydrogens is 278 g/mol. The van der Waals surface area contributed by atoms with E-state index in [1.165, 1.54) is 11.1 Å². The number of hydrogen-bond donors (Lipinski definition) is 0. The Labute approximate surface area is 136 Å². The maximum absolute atomic E-state index is 10.1. The normalized spacial score (nSPS) is 21.3. The largest absolute Gasteiger partial charge is 0.197 e. The fourth-order valence-corrected chi connectivity index (χ4v) is 3.93. The van der Waals surface area contributed by atoms with Crippen molar-refractivity contribution in [3.8, 4) is 6.07 Å². The maximum atomic E-state index is 10.1. The smallest absolute Gasteiger partial charge is 0.0972 e. The molecule has 0 aliphatic heterocycles. The predicted octanol–water partition coefficient (Wildman–Crippen LogP) is 4.84. The van der Waals surface area contributed by atoms with Crippen LogP contribution in [0.15, 0.2) is 91.0 Å². The van der Waals surface area contributed by atoms with E-state index in [4.69, 9.17) is 0 Å². The molecule has 0 amide bonds. The second kappa shape index (κ2) is 5.11. The molecule has 1 saturated carbocycles. The lowest BCUT2D eigenvalue weighted by Crippen LogP contribution is -2.22. The van der Waals surface area contributed by atoms with E-state index in [0.29, 0.717) is 0 Å². The van der Waals surface area contributed by atoms with Gasteiger partial charge in [-0.15, -0.1) is 0 Å². The molecule has 4 rings (SSSR count). The zero-order chi connectivity index (χ0) is 15.8. The van der Waals surface area contributed by atoms with Crippen molar-refractivity contribution in [2.45, 2.75) is 17.3 Å². The zero-order valence-electron chi connectivity index (χ0n) is 12.8. The molecule has 1 fully saturated rings. The van der Waals surface area contributed by atoms with Crippen LogP contribution in [0.25, 0.3) is 0 Å². The van der Waals surface area contributed by atoms with E-state index in [1.54, 1.807) is 0 Å². The van der Waals surface area contributed by atoms with E-state index in [9.17, 15) is 5.26 Å². The van der Waals surface area contributed by atoms with Gasteiger partial charge in [-0.3, -0.25) is 0 Å². The number of nitrogens with zero attached hydrogens (tertiary/aromatic N) is 1. The van der Waals surface area contributed by atoms with Crippen molar-refractivity contribution in [3.63, 3.8) is 0 Å². The van der Waals surface area contributed by atoms with Crippen molar-refractivity contribution in [1.29, 1.82) is 5.26 Å². The Morgan fingerprint density at radius 2 is 1.00 bits per heavy atom. The highest BCUT2D eigenvalue weighted by atomic mass is 14.7. The van der Waals surface area contributed by atoms with Gasteiger partial charge in [0.05, 0.1) is 11.5 Å². The first-order valence-electron chi connectivity index (χ1n) is 7.91. The highest BCUT2D eigenvalue weighted by Gasteiger charge is 2.70. The van der Waals surface area contributed by atoms with Gasteiger partial charge in [0.15, 0.2) is 0 Å². The lowest BCUT2D eigenvalue weighted by Gasteiger charge is -2.23. The summed E-state index contributed by atoms with van der Waals surface area (Å²) in [5.41, 5.74) is 2.80. The van der Waals surface area contributed by atoms with Gasteiger partial charge in [0.2, 0.25) is 0 Å². The quantitative estimate of drug-likeness (QED) is 0.678. The first kappa shape index (κ1) is 13.8. The van der Waals surface area contributed by atoms with E-state index in [0.717, 1.165) is 12.0 Å². The Bertz CT molecular complexity index is 807. The van der Waals surface area contributed by atoms with Crippen LogP contribution in [0.3, 0.4) is 0 Å². The van der Waals surface area contributed by atoms with Crippen molar-refractivity contribution in [2.75, 3.05) is 0 Å². The van der Waals surface area contributed by atoms with Crippen molar-refractivity contribution in [3.05, 3.63) is 108 Å². The van der Waals surface area contributed by atoms with Gasteiger partial charge in [-0.1, -0.05) is 91.0 Å². The second-order valence-electron chi connectivity index (χ2n) is 6.20. The summed E-state index contributed by atoms with van der Waals surface area (Å²) in [6.45, 7) is 0. The minimum atomic E-state index is -0.489. The third-order valence-corrected chi connectivity index (χ3v) is 5.12. The molecule has 0 radical (unpaired) electrons. The number of rotatable bonds is 3. The topological polar surface area (TPSA) is 23.8 Å². The van der Waals surface area contributed by atoms with Crippen LogP contribution in [0, 0.1) is 11.3 Å². The van der Waals surface area contributed by atoms with Crippen LogP contribution in [0.1, 0.15) is 23.1 Å². The van der Waals surface area contributed by atoms with E-state index in [-0.39, 0.29) is 5.41 Å². The van der Waals surface area contributed by atoms with Gasteiger partial charge in [0.25, 0.3) is 0 Å². The summed E-state index contributed by atoms with van der Waals surface area (Å²) in [6, 6.07) is 33.8. The summed E-state index contributed by atoms with van der Waals surface area (Å²) < 4.78 is 0. The number of nitriles is 1. The van der Waals surface area contributed by atoms with Crippen LogP contribution in [-0.2, 0) is 10.8 Å². The molecule has 0 aromatic heterocycles. The molecule has 0 bridgehead atoms. The number of hydrogen-bond acceptors (Lipinski definition) is 1. The minimum absolute atomic E-state index is 0.258. The highest BCUT2D eigenvalue weighted by Crippen LogP contribution is 2.68. The summed E-state index contributed by atoms with van der Waals surface area (Å²) in [5.74, 6) is 0. The monoisotopic (exact) mass is 295 g/mol. The molecule has 110 valence electrons. The van der Waals surface area contributed by atoms with Gasteiger partial charge in [0, 0.05) is 5.41 Å². The lowest BCUT2D eigenvalue weighted by molar-refractivity contribution is 0.721. The van der Waals surface area contributed by atoms with Gasteiger partial charge in [-0.2, -0.15) is 5.26 Å². The van der Waals surface area contributed by atoms with Crippen molar-refractivity contribution < 1.29 is 0 Å². The standard InChI is InChI=1S/C22H17N/c23-17-21(18-10-4-1-5-11-18)16-22(21,19-12-6-2-7-13-19)20-14-8-3-9-15-20/h1-15H,16H2. The molecule has 1 heteroatoms. The molecule has 3 aromatic carbocycles. The van der Waals surface area contributed by atoms with Gasteiger partial charge in [-0.05, 0) is 23.1 Å². The zero-order valence-corrected chi connectivity index (χ0v) is 12.8. The highest BCUT2D eigenvalue weighted by molar-refractivity contribution is 5.62. The second-order valence-corrected chi connectivity index (χ2v) is 6.20. The molecule has 1 aliphatic carbocycles. The molecule has 0 saturated heterocycles. The van der Waals surface area contributed by atoms with Crippen LogP contribution in [0.2, 0.25) is 0 Å². The SMILES string of the molecule is N#CC1(c2ccccc2)CC1(c1ccccc1)c1ccccc1. The van der Waals surface area contributed by atoms with Crippen LogP contribution < -0.4 is 0 Å². The summed E-state index contributed by atoms with van der Waals surface area (Å²) in [4.78, 5) is 0. The molecule has 1 nitrogen and oxygen atoms in total. The van der Waals surface area contributed by atoms with E-state index in [1.807, 2.05) is 30.3 Å². The molecule has 1 unspecified atom stereocenters. The average molecular weight is 295 g/mol. The van der Waals surface area contributed by atoms with Crippen molar-refractivity contribution in [1.82, 2.24) is 0 Å². The molecular formula is C22H17N. The van der Waals surface area contributed by atoms with Crippen LogP contribution >= 0.6 is 0 Å². The van der Waals surface area contributed by atoms with Gasteiger partial charge in [0.1, 0.15) is 0 Å². The van der Waals surface area contributed by atoms with Crippen molar-refractivity contribution >= 4 is 0 Å². The van der Waals surface area contributed by atoms with Crippen LogP contribution in [0.4, 0.5) is 0 Å².